The summed E-state index contributed by atoms with van der Waals surface area (Å²) in [6.45, 7) is 0. The fourth-order valence-electron chi connectivity index (χ4n) is 2.99. The SMILES string of the molecule is Cn1c(Nc2ccc(Br)c(F)c2)nc2cc(Oc3ccnc(CC(N)=O)c3)ccc21. The number of carbonyl (C=O) groups is 1. The van der Waals surface area contributed by atoms with Crippen LogP contribution in [-0.2, 0) is 18.3 Å². The lowest BCUT2D eigenvalue weighted by molar-refractivity contribution is -0.117. The second-order valence-corrected chi connectivity index (χ2v) is 7.48. The van der Waals surface area contributed by atoms with E-state index >= 15 is 0 Å². The Morgan fingerprint density at radius 3 is 2.77 bits per heavy atom. The van der Waals surface area contributed by atoms with E-state index in [2.05, 4.69) is 31.2 Å². The number of nitrogens with two attached hydrogens (primary N) is 1. The number of fused-ring (bicyclic) bond motifs is 1. The highest BCUT2D eigenvalue weighted by atomic mass is 79.9. The maximum atomic E-state index is 13.8. The number of hydrogen-bond donors (Lipinski definition) is 2. The van der Waals surface area contributed by atoms with Gasteiger partial charge in [-0.15, -0.1) is 0 Å². The van der Waals surface area contributed by atoms with Gasteiger partial charge in [0.2, 0.25) is 11.9 Å². The summed E-state index contributed by atoms with van der Waals surface area (Å²) in [5.74, 6) is 0.873. The van der Waals surface area contributed by atoms with Crippen molar-refractivity contribution in [1.82, 2.24) is 14.5 Å². The fourth-order valence-corrected chi connectivity index (χ4v) is 3.24. The number of primary amides is 1. The van der Waals surface area contributed by atoms with Gasteiger partial charge in [-0.2, -0.15) is 0 Å². The number of imidazole rings is 1. The number of carbonyl (C=O) groups excluding carboxylic acids is 1. The predicted octanol–water partition coefficient (Wildman–Crippen LogP) is 4.43. The monoisotopic (exact) mass is 469 g/mol. The molecule has 2 aromatic carbocycles. The van der Waals surface area contributed by atoms with Gasteiger partial charge in [-0.05, 0) is 52.3 Å². The quantitative estimate of drug-likeness (QED) is 0.435. The minimum atomic E-state index is -0.458. The molecule has 4 rings (SSSR count). The summed E-state index contributed by atoms with van der Waals surface area (Å²) in [5, 5.41) is 3.12. The first-order valence-electron chi connectivity index (χ1n) is 8.98. The Bertz CT molecular complexity index is 1260. The number of nitrogens with one attached hydrogen (secondary N) is 1. The molecule has 0 unspecified atom stereocenters. The number of amides is 1. The smallest absolute Gasteiger partial charge is 0.223 e. The maximum Gasteiger partial charge on any atom is 0.223 e. The highest BCUT2D eigenvalue weighted by molar-refractivity contribution is 9.10. The number of rotatable bonds is 6. The van der Waals surface area contributed by atoms with E-state index in [1.807, 2.05) is 23.7 Å². The molecule has 3 N–H and O–H groups in total. The molecule has 0 atom stereocenters. The average Bonchev–Trinajstić information content (AvgIpc) is 2.99. The van der Waals surface area contributed by atoms with Crippen molar-refractivity contribution in [3.8, 4) is 11.5 Å². The molecule has 0 aliphatic heterocycles. The van der Waals surface area contributed by atoms with E-state index in [0.717, 1.165) is 5.52 Å². The van der Waals surface area contributed by atoms with Gasteiger partial charge in [0.1, 0.15) is 17.3 Å². The highest BCUT2D eigenvalue weighted by Crippen LogP contribution is 2.29. The van der Waals surface area contributed by atoms with Crippen LogP contribution < -0.4 is 15.8 Å². The molecule has 0 aliphatic carbocycles. The Kier molecular flexibility index (Phi) is 5.37. The van der Waals surface area contributed by atoms with E-state index in [9.17, 15) is 9.18 Å². The van der Waals surface area contributed by atoms with Crippen molar-refractivity contribution in [3.05, 3.63) is 70.7 Å². The molecule has 152 valence electrons. The van der Waals surface area contributed by atoms with E-state index in [0.29, 0.717) is 38.8 Å². The minimum absolute atomic E-state index is 0.0438. The van der Waals surface area contributed by atoms with Gasteiger partial charge in [0.05, 0.1) is 27.6 Å². The Hall–Kier alpha value is -3.46. The van der Waals surface area contributed by atoms with E-state index in [-0.39, 0.29) is 12.2 Å². The van der Waals surface area contributed by atoms with Crippen LogP contribution in [0, 0.1) is 5.82 Å². The first kappa shape index (κ1) is 19.8. The number of aryl methyl sites for hydroxylation is 1. The summed E-state index contributed by atoms with van der Waals surface area (Å²) < 4.78 is 21.9. The van der Waals surface area contributed by atoms with Crippen LogP contribution in [0.5, 0.6) is 11.5 Å². The molecule has 0 spiro atoms. The van der Waals surface area contributed by atoms with Crippen LogP contribution in [0.3, 0.4) is 0 Å². The zero-order chi connectivity index (χ0) is 21.3. The van der Waals surface area contributed by atoms with Gasteiger partial charge in [-0.25, -0.2) is 9.37 Å². The third-order valence-corrected chi connectivity index (χ3v) is 5.05. The molecular weight excluding hydrogens is 453 g/mol. The van der Waals surface area contributed by atoms with Crippen molar-refractivity contribution in [2.45, 2.75) is 6.42 Å². The normalized spacial score (nSPS) is 10.9. The van der Waals surface area contributed by atoms with Gasteiger partial charge in [0.15, 0.2) is 0 Å². The number of halogens is 2. The molecular formula is C21H17BrFN5O2. The molecule has 2 aromatic heterocycles. The molecule has 30 heavy (non-hydrogen) atoms. The van der Waals surface area contributed by atoms with Crippen molar-refractivity contribution < 1.29 is 13.9 Å². The van der Waals surface area contributed by atoms with Crippen LogP contribution in [0.1, 0.15) is 5.69 Å². The summed E-state index contributed by atoms with van der Waals surface area (Å²) in [4.78, 5) is 19.8. The van der Waals surface area contributed by atoms with Crippen molar-refractivity contribution >= 4 is 44.5 Å². The summed E-state index contributed by atoms with van der Waals surface area (Å²) in [7, 11) is 1.87. The highest BCUT2D eigenvalue weighted by Gasteiger charge is 2.11. The zero-order valence-corrected chi connectivity index (χ0v) is 17.5. The number of hydrogen-bond acceptors (Lipinski definition) is 5. The number of ether oxygens (including phenoxy) is 1. The second-order valence-electron chi connectivity index (χ2n) is 6.63. The summed E-state index contributed by atoms with van der Waals surface area (Å²) in [6, 6.07) is 13.7. The Labute approximate surface area is 179 Å². The topological polar surface area (TPSA) is 95.1 Å². The van der Waals surface area contributed by atoms with Crippen LogP contribution in [0.2, 0.25) is 0 Å². The van der Waals surface area contributed by atoms with Crippen LogP contribution in [0.4, 0.5) is 16.0 Å². The number of benzene rings is 2. The number of aromatic nitrogens is 3. The van der Waals surface area contributed by atoms with Crippen molar-refractivity contribution in [3.63, 3.8) is 0 Å². The van der Waals surface area contributed by atoms with E-state index in [4.69, 9.17) is 10.5 Å². The van der Waals surface area contributed by atoms with Gasteiger partial charge in [-0.1, -0.05) is 0 Å². The minimum Gasteiger partial charge on any atom is -0.457 e. The Morgan fingerprint density at radius 2 is 2.00 bits per heavy atom. The molecule has 1 amide bonds. The van der Waals surface area contributed by atoms with E-state index < -0.39 is 5.91 Å². The van der Waals surface area contributed by atoms with Crippen LogP contribution in [-0.4, -0.2) is 20.4 Å². The molecule has 0 fully saturated rings. The molecule has 4 aromatic rings. The van der Waals surface area contributed by atoms with E-state index in [1.165, 1.54) is 6.07 Å². The molecule has 9 heteroatoms. The fraction of sp³-hybridized carbons (Fsp3) is 0.0952. The van der Waals surface area contributed by atoms with Gasteiger partial charge in [-0.3, -0.25) is 9.78 Å². The summed E-state index contributed by atoms with van der Waals surface area (Å²) in [6.07, 6.45) is 1.61. The van der Waals surface area contributed by atoms with Crippen LogP contribution in [0.25, 0.3) is 11.0 Å². The molecule has 0 radical (unpaired) electrons. The number of anilines is 2. The Morgan fingerprint density at radius 1 is 1.20 bits per heavy atom. The largest absolute Gasteiger partial charge is 0.457 e. The van der Waals surface area contributed by atoms with Crippen molar-refractivity contribution in [2.24, 2.45) is 12.8 Å². The van der Waals surface area contributed by atoms with Crippen molar-refractivity contribution in [1.29, 1.82) is 0 Å². The lowest BCUT2D eigenvalue weighted by atomic mass is 10.2. The predicted molar refractivity (Wildman–Crippen MR) is 115 cm³/mol. The molecule has 0 saturated carbocycles. The average molecular weight is 470 g/mol. The van der Waals surface area contributed by atoms with E-state index in [1.54, 1.807) is 36.5 Å². The number of pyridine rings is 1. The third kappa shape index (κ3) is 4.25. The maximum absolute atomic E-state index is 13.8. The molecule has 0 saturated heterocycles. The summed E-state index contributed by atoms with van der Waals surface area (Å²) >= 11 is 3.14. The van der Waals surface area contributed by atoms with Gasteiger partial charge in [0, 0.05) is 31.1 Å². The first-order chi connectivity index (χ1) is 14.4. The van der Waals surface area contributed by atoms with Gasteiger partial charge >= 0.3 is 0 Å². The molecule has 2 heterocycles. The number of nitrogens with zero attached hydrogens (tertiary/aromatic N) is 3. The zero-order valence-electron chi connectivity index (χ0n) is 15.9. The lowest BCUT2D eigenvalue weighted by Gasteiger charge is -2.07. The third-order valence-electron chi connectivity index (χ3n) is 4.41. The van der Waals surface area contributed by atoms with Crippen LogP contribution in [0.15, 0.2) is 59.2 Å². The molecule has 0 bridgehead atoms. The lowest BCUT2D eigenvalue weighted by Crippen LogP contribution is -2.14. The summed E-state index contributed by atoms with van der Waals surface area (Å²) in [5.41, 5.74) is 7.93. The van der Waals surface area contributed by atoms with Gasteiger partial charge in [0.25, 0.3) is 0 Å². The second kappa shape index (κ2) is 8.11. The molecule has 7 nitrogen and oxygen atoms in total. The first-order valence-corrected chi connectivity index (χ1v) is 9.78. The standard InChI is InChI=1S/C21H17BrFN5O2/c1-28-19-5-3-14(30-15-6-7-25-13(8-15)10-20(24)29)11-18(19)27-21(28)26-12-2-4-16(22)17(23)9-12/h2-9,11H,10H2,1H3,(H2,24,29)(H,26,27). The Balaban J connectivity index is 1.59. The van der Waals surface area contributed by atoms with Gasteiger partial charge < -0.3 is 20.4 Å². The van der Waals surface area contributed by atoms with Crippen molar-refractivity contribution in [2.75, 3.05) is 5.32 Å². The van der Waals surface area contributed by atoms with Crippen LogP contribution >= 0.6 is 15.9 Å². The molecule has 0 aliphatic rings.